The van der Waals surface area contributed by atoms with Crippen LogP contribution in [0, 0.1) is 0 Å². The van der Waals surface area contributed by atoms with Crippen molar-refractivity contribution < 1.29 is 8.94 Å². The lowest BCUT2D eigenvalue weighted by Crippen LogP contribution is -2.44. The van der Waals surface area contributed by atoms with E-state index in [9.17, 15) is 0 Å². The first kappa shape index (κ1) is 14.6. The van der Waals surface area contributed by atoms with Gasteiger partial charge in [0.05, 0.1) is 24.4 Å². The highest BCUT2D eigenvalue weighted by Crippen LogP contribution is 2.25. The summed E-state index contributed by atoms with van der Waals surface area (Å²) < 4.78 is 10.5. The van der Waals surface area contributed by atoms with Crippen molar-refractivity contribution in [3.05, 3.63) is 41.4 Å². The van der Waals surface area contributed by atoms with Crippen molar-refractivity contribution in [3.63, 3.8) is 0 Å². The van der Waals surface area contributed by atoms with Gasteiger partial charge in [-0.2, -0.15) is 4.98 Å². The number of piperazine rings is 1. The Morgan fingerprint density at radius 1 is 1.43 bits per heavy atom. The van der Waals surface area contributed by atoms with Crippen molar-refractivity contribution in [2.75, 3.05) is 26.7 Å². The normalized spacial score (nSPS) is 19.3. The van der Waals surface area contributed by atoms with Crippen molar-refractivity contribution in [2.45, 2.75) is 12.5 Å². The van der Waals surface area contributed by atoms with Crippen LogP contribution in [0.25, 0.3) is 10.6 Å². The van der Waals surface area contributed by atoms with Crippen molar-refractivity contribution in [1.82, 2.24) is 25.3 Å². The van der Waals surface area contributed by atoms with E-state index in [-0.39, 0.29) is 6.04 Å². The molecule has 8 heteroatoms. The van der Waals surface area contributed by atoms with Crippen LogP contribution >= 0.6 is 11.3 Å². The lowest BCUT2D eigenvalue weighted by molar-refractivity contribution is 0.190. The van der Waals surface area contributed by atoms with Crippen molar-refractivity contribution in [1.29, 1.82) is 0 Å². The Kier molecular flexibility index (Phi) is 3.94. The second-order valence-corrected chi connectivity index (χ2v) is 6.44. The van der Waals surface area contributed by atoms with Gasteiger partial charge in [0.25, 0.3) is 0 Å². The molecule has 0 aliphatic carbocycles. The van der Waals surface area contributed by atoms with Crippen LogP contribution in [0.5, 0.6) is 0 Å². The fourth-order valence-corrected chi connectivity index (χ4v) is 3.44. The first-order valence-electron chi connectivity index (χ1n) is 7.50. The van der Waals surface area contributed by atoms with Crippen LogP contribution in [0.15, 0.2) is 32.9 Å². The molecule has 1 saturated heterocycles. The number of thiazole rings is 1. The van der Waals surface area contributed by atoms with E-state index in [0.717, 1.165) is 41.7 Å². The molecule has 3 aromatic heterocycles. The molecule has 23 heavy (non-hydrogen) atoms. The maximum Gasteiger partial charge on any atom is 0.232 e. The maximum absolute atomic E-state index is 5.40. The summed E-state index contributed by atoms with van der Waals surface area (Å²) in [6, 6.07) is 2.07. The SMILES string of the molecule is CN1CCNCC1c1noc(Cc2csc(-c3ccoc3)n2)n1. The summed E-state index contributed by atoms with van der Waals surface area (Å²) in [7, 11) is 2.08. The van der Waals surface area contributed by atoms with Gasteiger partial charge >= 0.3 is 0 Å². The largest absolute Gasteiger partial charge is 0.472 e. The van der Waals surface area contributed by atoms with Gasteiger partial charge in [-0.05, 0) is 13.1 Å². The lowest BCUT2D eigenvalue weighted by Gasteiger charge is -2.30. The van der Waals surface area contributed by atoms with Gasteiger partial charge in [-0.15, -0.1) is 11.3 Å². The highest BCUT2D eigenvalue weighted by molar-refractivity contribution is 7.13. The standard InChI is InChI=1S/C15H17N5O2S/c1-20-4-3-16-7-12(20)14-18-13(22-19-14)6-11-9-23-15(17-11)10-2-5-21-8-10/h2,5,8-9,12,16H,3-4,6-7H2,1H3. The first-order valence-corrected chi connectivity index (χ1v) is 8.38. The topological polar surface area (TPSA) is 80.2 Å². The molecule has 1 N–H and O–H groups in total. The zero-order valence-electron chi connectivity index (χ0n) is 12.7. The lowest BCUT2D eigenvalue weighted by atomic mass is 10.2. The molecule has 0 saturated carbocycles. The Hall–Kier alpha value is -2.03. The molecule has 0 aromatic carbocycles. The number of furan rings is 1. The van der Waals surface area contributed by atoms with E-state index in [0.29, 0.717) is 12.3 Å². The Morgan fingerprint density at radius 3 is 3.22 bits per heavy atom. The van der Waals surface area contributed by atoms with E-state index in [4.69, 9.17) is 8.94 Å². The van der Waals surface area contributed by atoms with E-state index in [1.54, 1.807) is 23.9 Å². The quantitative estimate of drug-likeness (QED) is 0.782. The molecule has 120 valence electrons. The molecule has 1 atom stereocenters. The van der Waals surface area contributed by atoms with E-state index < -0.39 is 0 Å². The molecule has 4 rings (SSSR count). The first-order chi connectivity index (χ1) is 11.3. The van der Waals surface area contributed by atoms with Crippen LogP contribution in [0.3, 0.4) is 0 Å². The molecule has 7 nitrogen and oxygen atoms in total. The Balaban J connectivity index is 1.47. The summed E-state index contributed by atoms with van der Waals surface area (Å²) in [5.74, 6) is 1.34. The molecule has 1 aliphatic rings. The molecular weight excluding hydrogens is 314 g/mol. The van der Waals surface area contributed by atoms with Crippen LogP contribution in [-0.2, 0) is 6.42 Å². The minimum Gasteiger partial charge on any atom is -0.472 e. The third kappa shape index (κ3) is 3.05. The van der Waals surface area contributed by atoms with Gasteiger partial charge in [-0.3, -0.25) is 4.90 Å². The zero-order chi connectivity index (χ0) is 15.6. The summed E-state index contributed by atoms with van der Waals surface area (Å²) >= 11 is 1.58. The van der Waals surface area contributed by atoms with E-state index in [1.807, 2.05) is 11.4 Å². The van der Waals surface area contributed by atoms with Crippen molar-refractivity contribution in [3.8, 4) is 10.6 Å². The summed E-state index contributed by atoms with van der Waals surface area (Å²) in [6.07, 6.45) is 3.89. The van der Waals surface area contributed by atoms with Gasteiger partial charge in [-0.1, -0.05) is 5.16 Å². The molecule has 1 aliphatic heterocycles. The Morgan fingerprint density at radius 2 is 2.39 bits per heavy atom. The average molecular weight is 331 g/mol. The van der Waals surface area contributed by atoms with Gasteiger partial charge in [0, 0.05) is 30.6 Å². The van der Waals surface area contributed by atoms with Gasteiger partial charge in [0.15, 0.2) is 5.82 Å². The van der Waals surface area contributed by atoms with Gasteiger partial charge in [0.2, 0.25) is 5.89 Å². The number of likely N-dealkylation sites (N-methyl/N-ethyl adjacent to an activating group) is 1. The smallest absolute Gasteiger partial charge is 0.232 e. The van der Waals surface area contributed by atoms with Crippen LogP contribution in [0.2, 0.25) is 0 Å². The summed E-state index contributed by atoms with van der Waals surface area (Å²) in [4.78, 5) is 11.4. The molecular formula is C15H17N5O2S. The molecule has 3 aromatic rings. The van der Waals surface area contributed by atoms with E-state index in [2.05, 4.69) is 32.4 Å². The predicted molar refractivity (Wildman–Crippen MR) is 85.2 cm³/mol. The molecule has 4 heterocycles. The van der Waals surface area contributed by atoms with Crippen LogP contribution in [0.1, 0.15) is 23.5 Å². The van der Waals surface area contributed by atoms with E-state index >= 15 is 0 Å². The fraction of sp³-hybridized carbons (Fsp3) is 0.400. The minimum absolute atomic E-state index is 0.165. The predicted octanol–water partition coefficient (Wildman–Crippen LogP) is 1.95. The summed E-state index contributed by atoms with van der Waals surface area (Å²) in [5.41, 5.74) is 1.92. The molecule has 1 fully saturated rings. The van der Waals surface area contributed by atoms with Gasteiger partial charge < -0.3 is 14.3 Å². The molecule has 0 amide bonds. The van der Waals surface area contributed by atoms with Crippen molar-refractivity contribution >= 4 is 11.3 Å². The van der Waals surface area contributed by atoms with Crippen LogP contribution < -0.4 is 5.32 Å². The molecule has 1 unspecified atom stereocenters. The second-order valence-electron chi connectivity index (χ2n) is 5.58. The maximum atomic E-state index is 5.40. The number of nitrogens with zero attached hydrogens (tertiary/aromatic N) is 4. The van der Waals surface area contributed by atoms with Crippen LogP contribution in [0.4, 0.5) is 0 Å². The highest BCUT2D eigenvalue weighted by atomic mass is 32.1. The number of hydrogen-bond donors (Lipinski definition) is 1. The highest BCUT2D eigenvalue weighted by Gasteiger charge is 2.25. The molecule has 0 radical (unpaired) electrons. The van der Waals surface area contributed by atoms with Gasteiger partial charge in [0.1, 0.15) is 11.3 Å². The molecule has 0 spiro atoms. The minimum atomic E-state index is 0.165. The monoisotopic (exact) mass is 331 g/mol. The fourth-order valence-electron chi connectivity index (χ4n) is 2.63. The second kappa shape index (κ2) is 6.23. The third-order valence-electron chi connectivity index (χ3n) is 3.95. The third-order valence-corrected chi connectivity index (χ3v) is 4.89. The molecule has 0 bridgehead atoms. The summed E-state index contributed by atoms with van der Waals surface area (Å²) in [5, 5.41) is 10.4. The average Bonchev–Trinajstić information content (AvgIpc) is 3.29. The zero-order valence-corrected chi connectivity index (χ0v) is 13.5. The number of rotatable bonds is 4. The number of nitrogens with one attached hydrogen (secondary N) is 1. The van der Waals surface area contributed by atoms with E-state index in [1.165, 1.54) is 0 Å². The Labute approximate surface area is 137 Å². The van der Waals surface area contributed by atoms with Crippen molar-refractivity contribution in [2.24, 2.45) is 0 Å². The van der Waals surface area contributed by atoms with Gasteiger partial charge in [-0.25, -0.2) is 4.98 Å². The summed E-state index contributed by atoms with van der Waals surface area (Å²) in [6.45, 7) is 2.82. The van der Waals surface area contributed by atoms with Crippen LogP contribution in [-0.4, -0.2) is 46.7 Å². The number of hydrogen-bond acceptors (Lipinski definition) is 8. The Bertz CT molecular complexity index is 767. The number of aromatic nitrogens is 3.